The monoisotopic (exact) mass is 264 g/mol. The molecule has 19 heavy (non-hydrogen) atoms. The molecule has 0 saturated heterocycles. The summed E-state index contributed by atoms with van der Waals surface area (Å²) in [4.78, 5) is 24.8. The molecule has 0 spiro atoms. The number of nitro groups is 1. The predicted octanol–water partition coefficient (Wildman–Crippen LogP) is 0.882. The third-order valence-corrected chi connectivity index (χ3v) is 2.31. The molecule has 0 unspecified atom stereocenters. The van der Waals surface area contributed by atoms with Crippen molar-refractivity contribution in [2.75, 3.05) is 7.11 Å². The van der Waals surface area contributed by atoms with E-state index in [1.54, 1.807) is 0 Å². The molecule has 2 aromatic heterocycles. The van der Waals surface area contributed by atoms with E-state index in [2.05, 4.69) is 10.1 Å². The van der Waals surface area contributed by atoms with E-state index in [1.165, 1.54) is 24.2 Å². The zero-order chi connectivity index (χ0) is 14.0. The number of carboxylic acid groups (broad SMARTS) is 1. The lowest BCUT2D eigenvalue weighted by atomic mass is 10.2. The molecular formula is C10H8N4O5. The molecule has 0 aliphatic carbocycles. The van der Waals surface area contributed by atoms with Crippen LogP contribution < -0.4 is 4.74 Å². The van der Waals surface area contributed by atoms with Crippen LogP contribution in [-0.2, 0) is 0 Å². The molecule has 2 aromatic rings. The van der Waals surface area contributed by atoms with Gasteiger partial charge in [-0.05, 0) is 0 Å². The quantitative estimate of drug-likeness (QED) is 0.642. The molecule has 9 nitrogen and oxygen atoms in total. The topological polar surface area (TPSA) is 120 Å². The average molecular weight is 264 g/mol. The van der Waals surface area contributed by atoms with Gasteiger partial charge in [0.25, 0.3) is 5.69 Å². The third-order valence-electron chi connectivity index (χ3n) is 2.31. The molecule has 1 N–H and O–H groups in total. The van der Waals surface area contributed by atoms with Gasteiger partial charge in [-0.3, -0.25) is 10.1 Å². The average Bonchev–Trinajstić information content (AvgIpc) is 2.86. The van der Waals surface area contributed by atoms with E-state index >= 15 is 0 Å². The number of rotatable bonds is 4. The molecule has 0 bridgehead atoms. The standard InChI is InChI=1S/C10H8N4O5/c1-19-7-4-12-13(5-7)9-8(10(15)16)2-6(3-11-9)14(17)18/h2-5H,1H3,(H,15,16). The van der Waals surface area contributed by atoms with Crippen LogP contribution in [0.5, 0.6) is 5.75 Å². The number of aromatic carboxylic acids is 1. The van der Waals surface area contributed by atoms with Gasteiger partial charge in [-0.2, -0.15) is 5.10 Å². The van der Waals surface area contributed by atoms with E-state index in [-0.39, 0.29) is 11.4 Å². The first kappa shape index (κ1) is 12.5. The molecule has 0 atom stereocenters. The summed E-state index contributed by atoms with van der Waals surface area (Å²) in [6, 6.07) is 0.929. The van der Waals surface area contributed by atoms with Crippen LogP contribution in [0.4, 0.5) is 5.69 Å². The number of ether oxygens (including phenoxy) is 1. The molecule has 0 aromatic carbocycles. The summed E-state index contributed by atoms with van der Waals surface area (Å²) in [6.07, 6.45) is 3.76. The highest BCUT2D eigenvalue weighted by atomic mass is 16.6. The second-order valence-electron chi connectivity index (χ2n) is 3.45. The van der Waals surface area contributed by atoms with E-state index in [0.717, 1.165) is 12.3 Å². The van der Waals surface area contributed by atoms with Crippen molar-refractivity contribution >= 4 is 11.7 Å². The molecule has 9 heteroatoms. The fourth-order valence-electron chi connectivity index (χ4n) is 1.41. The highest BCUT2D eigenvalue weighted by molar-refractivity contribution is 5.91. The van der Waals surface area contributed by atoms with Crippen molar-refractivity contribution in [3.63, 3.8) is 0 Å². The summed E-state index contributed by atoms with van der Waals surface area (Å²) in [5.74, 6) is -0.946. The third kappa shape index (κ3) is 2.34. The fourth-order valence-corrected chi connectivity index (χ4v) is 1.41. The van der Waals surface area contributed by atoms with E-state index in [1.807, 2.05) is 0 Å². The highest BCUT2D eigenvalue weighted by Gasteiger charge is 2.19. The minimum absolute atomic E-state index is 0.0265. The number of nitrogens with zero attached hydrogens (tertiary/aromatic N) is 4. The number of methoxy groups -OCH3 is 1. The maximum Gasteiger partial charge on any atom is 0.339 e. The van der Waals surface area contributed by atoms with Crippen LogP contribution in [0.25, 0.3) is 5.82 Å². The number of carbonyl (C=O) groups is 1. The minimum atomic E-state index is -1.33. The Kier molecular flexibility index (Phi) is 3.10. The van der Waals surface area contributed by atoms with Gasteiger partial charge in [-0.1, -0.05) is 0 Å². The van der Waals surface area contributed by atoms with E-state index < -0.39 is 16.6 Å². The Bertz CT molecular complexity index is 651. The van der Waals surface area contributed by atoms with E-state index in [9.17, 15) is 14.9 Å². The fraction of sp³-hybridized carbons (Fsp3) is 0.100. The Morgan fingerprint density at radius 2 is 2.26 bits per heavy atom. The van der Waals surface area contributed by atoms with Crippen LogP contribution in [0.2, 0.25) is 0 Å². The second-order valence-corrected chi connectivity index (χ2v) is 3.45. The summed E-state index contributed by atoms with van der Waals surface area (Å²) in [6.45, 7) is 0. The van der Waals surface area contributed by atoms with Crippen molar-refractivity contribution in [3.05, 3.63) is 40.3 Å². The lowest BCUT2D eigenvalue weighted by Crippen LogP contribution is -2.09. The lowest BCUT2D eigenvalue weighted by Gasteiger charge is -2.04. The summed E-state index contributed by atoms with van der Waals surface area (Å²) >= 11 is 0. The van der Waals surface area contributed by atoms with Crippen molar-refractivity contribution in [2.45, 2.75) is 0 Å². The van der Waals surface area contributed by atoms with Crippen LogP contribution in [-0.4, -0.2) is 37.9 Å². The van der Waals surface area contributed by atoms with Crippen molar-refractivity contribution in [1.29, 1.82) is 0 Å². The molecule has 0 fully saturated rings. The van der Waals surface area contributed by atoms with Crippen LogP contribution >= 0.6 is 0 Å². The van der Waals surface area contributed by atoms with Crippen molar-refractivity contribution < 1.29 is 19.6 Å². The SMILES string of the molecule is COc1cnn(-c2ncc([N+](=O)[O-])cc2C(=O)O)c1. The maximum absolute atomic E-state index is 11.1. The molecule has 2 rings (SSSR count). The molecule has 2 heterocycles. The van der Waals surface area contributed by atoms with Gasteiger partial charge >= 0.3 is 5.97 Å². The first-order valence-electron chi connectivity index (χ1n) is 4.99. The molecule has 0 radical (unpaired) electrons. The Morgan fingerprint density at radius 1 is 1.53 bits per heavy atom. The molecule has 0 aliphatic heterocycles. The number of aromatic nitrogens is 3. The normalized spacial score (nSPS) is 10.2. The van der Waals surface area contributed by atoms with Crippen molar-refractivity contribution in [1.82, 2.24) is 14.8 Å². The minimum Gasteiger partial charge on any atom is -0.493 e. The summed E-state index contributed by atoms with van der Waals surface area (Å²) < 4.78 is 6.08. The molecule has 0 saturated carbocycles. The molecular weight excluding hydrogens is 256 g/mol. The van der Waals surface area contributed by atoms with Crippen LogP contribution in [0.1, 0.15) is 10.4 Å². The Balaban J connectivity index is 2.56. The Morgan fingerprint density at radius 3 is 2.79 bits per heavy atom. The number of carboxylic acids is 1. The number of pyridine rings is 1. The van der Waals surface area contributed by atoms with Gasteiger partial charge in [0.05, 0.1) is 24.4 Å². The van der Waals surface area contributed by atoms with Gasteiger partial charge in [0.2, 0.25) is 0 Å². The van der Waals surface area contributed by atoms with E-state index in [0.29, 0.717) is 5.75 Å². The van der Waals surface area contributed by atoms with Crippen molar-refractivity contribution in [3.8, 4) is 11.6 Å². The molecule has 98 valence electrons. The first-order valence-corrected chi connectivity index (χ1v) is 4.99. The van der Waals surface area contributed by atoms with Gasteiger partial charge < -0.3 is 9.84 Å². The smallest absolute Gasteiger partial charge is 0.339 e. The van der Waals surface area contributed by atoms with Gasteiger partial charge in [0.15, 0.2) is 11.6 Å². The number of hydrogen-bond acceptors (Lipinski definition) is 6. The number of hydrogen-bond donors (Lipinski definition) is 1. The van der Waals surface area contributed by atoms with Gasteiger partial charge in [0, 0.05) is 6.07 Å². The van der Waals surface area contributed by atoms with E-state index in [4.69, 9.17) is 9.84 Å². The second kappa shape index (κ2) is 4.72. The summed E-state index contributed by atoms with van der Waals surface area (Å²) in [7, 11) is 1.43. The van der Waals surface area contributed by atoms with Crippen LogP contribution in [0.15, 0.2) is 24.7 Å². The highest BCUT2D eigenvalue weighted by Crippen LogP contribution is 2.19. The van der Waals surface area contributed by atoms with Crippen LogP contribution in [0, 0.1) is 10.1 Å². The molecule has 0 amide bonds. The van der Waals surface area contributed by atoms with Crippen LogP contribution in [0.3, 0.4) is 0 Å². The summed E-state index contributed by atoms with van der Waals surface area (Å²) in [5, 5.41) is 23.5. The zero-order valence-electron chi connectivity index (χ0n) is 9.68. The van der Waals surface area contributed by atoms with Crippen molar-refractivity contribution in [2.24, 2.45) is 0 Å². The Labute approximate surface area is 106 Å². The summed E-state index contributed by atoms with van der Waals surface area (Å²) in [5.41, 5.74) is -0.722. The Hall–Kier alpha value is -2.97. The predicted molar refractivity (Wildman–Crippen MR) is 61.5 cm³/mol. The molecule has 0 aliphatic rings. The lowest BCUT2D eigenvalue weighted by molar-refractivity contribution is -0.385. The first-order chi connectivity index (χ1) is 9.02. The largest absolute Gasteiger partial charge is 0.493 e. The maximum atomic E-state index is 11.1. The van der Waals surface area contributed by atoms with Gasteiger partial charge in [0.1, 0.15) is 11.8 Å². The van der Waals surface area contributed by atoms with Gasteiger partial charge in [-0.15, -0.1) is 0 Å². The van der Waals surface area contributed by atoms with Gasteiger partial charge in [-0.25, -0.2) is 14.5 Å². The zero-order valence-corrected chi connectivity index (χ0v) is 9.68.